The number of fused-ring (bicyclic) bond motifs is 7. The summed E-state index contributed by atoms with van der Waals surface area (Å²) >= 11 is 0. The Morgan fingerprint density at radius 2 is 1.18 bits per heavy atom. The van der Waals surface area contributed by atoms with Crippen LogP contribution in [0.15, 0.2) is 36.0 Å². The number of Topliss-reactive ketones (excluding diaryl/α,β-unsaturated/α-hetero) is 1. The number of ketones is 1. The van der Waals surface area contributed by atoms with Crippen molar-refractivity contribution in [2.24, 2.45) is 62.1 Å². The first-order valence-electron chi connectivity index (χ1n) is 36.3. The molecular formula is C72H114O29. The molecule has 6 aliphatic carbocycles. The Hall–Kier alpha value is -2.97. The van der Waals surface area contributed by atoms with Gasteiger partial charge in [0.1, 0.15) is 109 Å². The second kappa shape index (κ2) is 31.3. The lowest BCUT2D eigenvalue weighted by Crippen LogP contribution is -2.68. The fourth-order valence-corrected chi connectivity index (χ4v) is 19.5. The molecule has 5 saturated heterocycles. The van der Waals surface area contributed by atoms with Gasteiger partial charge < -0.3 is 134 Å². The molecule has 5 saturated carbocycles. The summed E-state index contributed by atoms with van der Waals surface area (Å²) in [6, 6.07) is 0. The number of ether oxygens (including phenoxy) is 10. The fourth-order valence-electron chi connectivity index (χ4n) is 19.5. The standard InChI is InChI=1S/C58H94O25.C14H20O4/c1-23-44(80-47-40(69)34(63)27(60)21-74-47)38(67)42(71)48(76-23)79-33-13-14-55(7)30(54(33,5)6)12-15-56(8)31(55)11-10-25-26-18-53(3,4)16-17-58(26,32(62)19-57(25,56)9)52(73)83-51-46(35(64)28(61)22-75-51)82-49-43(72)39(68)45(24(2)77-49)81-50-41(70)37(66)36(65)29(20-59)78-50;1-2-3-4-5-6-7-10-8-12(16)14(18)13(17)11(10)9-15/h10,23-24,26-51,59-72H,11-22H2,1-9H3;4-7,9-12,14,16,18H,2-3,8H2,1H3. The Labute approximate surface area is 589 Å². The van der Waals surface area contributed by atoms with Crippen LogP contribution in [0.4, 0.5) is 0 Å². The van der Waals surface area contributed by atoms with E-state index in [1.54, 1.807) is 19.1 Å². The molecule has 11 rings (SSSR count). The van der Waals surface area contributed by atoms with Crippen LogP contribution in [0.2, 0.25) is 0 Å². The molecule has 0 bridgehead atoms. The van der Waals surface area contributed by atoms with E-state index in [1.165, 1.54) is 6.92 Å². The van der Waals surface area contributed by atoms with Gasteiger partial charge in [0, 0.05) is 0 Å². The maximum Gasteiger partial charge on any atom is 0.317 e. The van der Waals surface area contributed by atoms with Crippen LogP contribution in [-0.2, 0) is 61.8 Å². The van der Waals surface area contributed by atoms with E-state index >= 15 is 4.79 Å². The summed E-state index contributed by atoms with van der Waals surface area (Å²) in [5, 5.41) is 171. The third-order valence-electron chi connectivity index (χ3n) is 25.9. The molecule has 576 valence electrons. The number of hydrogen-bond acceptors (Lipinski definition) is 29. The minimum absolute atomic E-state index is 0.129. The predicted octanol–water partition coefficient (Wildman–Crippen LogP) is -0.882. The number of aliphatic hydroxyl groups is 16. The highest BCUT2D eigenvalue weighted by Gasteiger charge is 2.72. The monoisotopic (exact) mass is 1440 g/mol. The van der Waals surface area contributed by atoms with Gasteiger partial charge in [0.2, 0.25) is 6.29 Å². The van der Waals surface area contributed by atoms with Gasteiger partial charge in [0.05, 0.1) is 56.3 Å². The first-order chi connectivity index (χ1) is 47.4. The van der Waals surface area contributed by atoms with E-state index in [9.17, 15) is 91.3 Å². The molecular weight excluding hydrogens is 1330 g/mol. The Kier molecular flexibility index (Phi) is 25.0. The molecule has 29 heteroatoms. The van der Waals surface area contributed by atoms with E-state index in [4.69, 9.17) is 47.4 Å². The molecule has 10 fully saturated rings. The molecule has 0 amide bonds. The SMILES string of the molecule is CC1OC(OC2CCC3(C)C(CCC4(C)C3CC=C3C5CC(C)(C)CCC5(C(=O)OC5OCC(O)C(O)C5OC5OC(C)C(OC6OC(CO)C(O)C(O)C6O)C(O)C5O)C(O)CC34C)C2(C)C)C(O)C(O)C1OC1OCC(O)C(O)C1O.CCCC=CC=CC1CC(O)C(O)C(=O)C1C=O. The minimum Gasteiger partial charge on any atom is -0.432 e. The summed E-state index contributed by atoms with van der Waals surface area (Å²) in [5.41, 5.74) is -2.28. The van der Waals surface area contributed by atoms with Gasteiger partial charge in [0.25, 0.3) is 0 Å². The maximum absolute atomic E-state index is 15.4. The average Bonchev–Trinajstić information content (AvgIpc) is 0.671. The van der Waals surface area contributed by atoms with Crippen LogP contribution in [0, 0.1) is 62.1 Å². The normalized spacial score (nSPS) is 51.3. The van der Waals surface area contributed by atoms with Gasteiger partial charge in [-0.15, -0.1) is 0 Å². The molecule has 0 spiro atoms. The predicted molar refractivity (Wildman–Crippen MR) is 350 cm³/mol. The lowest BCUT2D eigenvalue weighted by Gasteiger charge is -2.71. The number of unbranched alkanes of at least 4 members (excludes halogenated alkanes) is 1. The third kappa shape index (κ3) is 14.8. The van der Waals surface area contributed by atoms with Gasteiger partial charge >= 0.3 is 5.97 Å². The van der Waals surface area contributed by atoms with Crippen LogP contribution in [0.3, 0.4) is 0 Å². The van der Waals surface area contributed by atoms with E-state index in [2.05, 4.69) is 61.5 Å². The maximum atomic E-state index is 15.4. The van der Waals surface area contributed by atoms with Gasteiger partial charge in [0.15, 0.2) is 37.0 Å². The van der Waals surface area contributed by atoms with Gasteiger partial charge in [-0.2, -0.15) is 0 Å². The van der Waals surface area contributed by atoms with E-state index in [0.717, 1.165) is 37.7 Å². The second-order valence-corrected chi connectivity index (χ2v) is 32.8. The van der Waals surface area contributed by atoms with Crippen molar-refractivity contribution < 1.29 is 143 Å². The van der Waals surface area contributed by atoms with Crippen molar-refractivity contribution in [2.45, 2.75) is 312 Å². The molecule has 11 aliphatic rings. The first kappa shape index (κ1) is 80.6. The van der Waals surface area contributed by atoms with Crippen molar-refractivity contribution in [3.05, 3.63) is 36.0 Å². The molecule has 29 nitrogen and oxygen atoms in total. The lowest BCUT2D eigenvalue weighted by atomic mass is 9.33. The zero-order valence-corrected chi connectivity index (χ0v) is 59.5. The summed E-state index contributed by atoms with van der Waals surface area (Å²) in [4.78, 5) is 37.9. The zero-order chi connectivity index (χ0) is 74.1. The smallest absolute Gasteiger partial charge is 0.317 e. The van der Waals surface area contributed by atoms with Crippen LogP contribution < -0.4 is 0 Å². The Balaban J connectivity index is 0.000000533. The van der Waals surface area contributed by atoms with Gasteiger partial charge in [-0.25, -0.2) is 0 Å². The minimum atomic E-state index is -1.93. The van der Waals surface area contributed by atoms with Crippen LogP contribution in [-0.4, -0.2) is 285 Å². The number of esters is 1. The van der Waals surface area contributed by atoms with E-state index < -0.39 is 219 Å². The summed E-state index contributed by atoms with van der Waals surface area (Å²) in [5.74, 6) is -2.77. The van der Waals surface area contributed by atoms with Crippen molar-refractivity contribution in [3.8, 4) is 0 Å². The van der Waals surface area contributed by atoms with Crippen molar-refractivity contribution >= 4 is 18.0 Å². The van der Waals surface area contributed by atoms with Crippen LogP contribution in [0.25, 0.3) is 0 Å². The summed E-state index contributed by atoms with van der Waals surface area (Å²) < 4.78 is 59.6. The zero-order valence-electron chi connectivity index (χ0n) is 59.5. The van der Waals surface area contributed by atoms with Crippen LogP contribution in [0.5, 0.6) is 0 Å². The number of hydrogen-bond donors (Lipinski definition) is 16. The summed E-state index contributed by atoms with van der Waals surface area (Å²) in [7, 11) is 0. The van der Waals surface area contributed by atoms with Gasteiger partial charge in [-0.05, 0) is 135 Å². The topological polar surface area (TPSA) is 467 Å². The molecule has 0 aromatic heterocycles. The second-order valence-electron chi connectivity index (χ2n) is 32.8. The molecule has 36 atom stereocenters. The number of allylic oxidation sites excluding steroid dienone is 6. The highest BCUT2D eigenvalue weighted by molar-refractivity contribution is 5.97. The molecule has 5 aliphatic heterocycles. The van der Waals surface area contributed by atoms with Crippen molar-refractivity contribution in [3.63, 3.8) is 0 Å². The Morgan fingerprint density at radius 1 is 0.604 bits per heavy atom. The van der Waals surface area contributed by atoms with Crippen molar-refractivity contribution in [1.82, 2.24) is 0 Å². The molecule has 0 aromatic rings. The Morgan fingerprint density at radius 3 is 1.80 bits per heavy atom. The van der Waals surface area contributed by atoms with Crippen LogP contribution >= 0.6 is 0 Å². The van der Waals surface area contributed by atoms with E-state index in [1.807, 2.05) is 12.2 Å². The third-order valence-corrected chi connectivity index (χ3v) is 25.9. The quantitative estimate of drug-likeness (QED) is 0.0223. The molecule has 16 N–H and O–H groups in total. The molecule has 36 unspecified atom stereocenters. The van der Waals surface area contributed by atoms with Crippen molar-refractivity contribution in [2.75, 3.05) is 19.8 Å². The molecule has 0 radical (unpaired) electrons. The lowest BCUT2D eigenvalue weighted by molar-refractivity contribution is -0.374. The van der Waals surface area contributed by atoms with E-state index in [0.29, 0.717) is 32.0 Å². The highest BCUT2D eigenvalue weighted by atomic mass is 16.8. The van der Waals surface area contributed by atoms with Gasteiger partial charge in [-0.1, -0.05) is 97.8 Å². The van der Waals surface area contributed by atoms with Crippen molar-refractivity contribution in [1.29, 1.82) is 0 Å². The number of carbonyl (C=O) groups is 3. The fraction of sp³-hybridized carbons (Fsp3) is 0.875. The Bertz CT molecular complexity index is 2930. The number of aldehydes is 1. The molecule has 0 aromatic carbocycles. The number of rotatable bonds is 16. The van der Waals surface area contributed by atoms with Crippen LogP contribution in [0.1, 0.15) is 146 Å². The summed E-state index contributed by atoms with van der Waals surface area (Å²) in [6.45, 7) is 19.3. The number of carbonyl (C=O) groups excluding carboxylic acids is 3. The van der Waals surface area contributed by atoms with Gasteiger partial charge in [-0.3, -0.25) is 9.59 Å². The summed E-state index contributed by atoms with van der Waals surface area (Å²) in [6.07, 6.45) is -21.5. The number of aliphatic hydroxyl groups excluding tert-OH is 16. The largest absolute Gasteiger partial charge is 0.432 e. The average molecular weight is 1440 g/mol. The van der Waals surface area contributed by atoms with E-state index in [-0.39, 0.29) is 59.9 Å². The first-order valence-corrected chi connectivity index (χ1v) is 36.3. The molecule has 5 heterocycles. The highest BCUT2D eigenvalue weighted by Crippen LogP contribution is 2.76. The molecule has 101 heavy (non-hydrogen) atoms.